The van der Waals surface area contributed by atoms with Gasteiger partial charge in [-0.2, -0.15) is 18.2 Å². The Bertz CT molecular complexity index is 1090. The number of carbonyl (C=O) groups excluding carboxylic acids is 1. The number of hydrogen-bond acceptors (Lipinski definition) is 7. The molecule has 1 unspecified atom stereocenters. The average Bonchev–Trinajstić information content (AvgIpc) is 3.25. The molecule has 1 aliphatic carbocycles. The van der Waals surface area contributed by atoms with E-state index in [1.807, 2.05) is 45.9 Å². The number of carbonyl (C=O) groups is 1. The number of nitrogens with one attached hydrogen (secondary N) is 2. The molecule has 0 spiro atoms. The molecule has 1 aliphatic heterocycles. The topological polar surface area (TPSA) is 94.6 Å². The molecule has 0 saturated carbocycles. The quantitative estimate of drug-likeness (QED) is 0.485. The van der Waals surface area contributed by atoms with Gasteiger partial charge < -0.3 is 24.7 Å². The highest BCUT2D eigenvalue weighted by molar-refractivity contribution is 6.62. The molecule has 4 rings (SSSR count). The Morgan fingerprint density at radius 3 is 2.41 bits per heavy atom. The smallest absolute Gasteiger partial charge is 0.478 e. The lowest BCUT2D eigenvalue weighted by molar-refractivity contribution is -0.140. The first kappa shape index (κ1) is 24.3. The van der Waals surface area contributed by atoms with Crippen LogP contribution >= 0.6 is 0 Å². The Morgan fingerprint density at radius 2 is 1.82 bits per heavy atom. The summed E-state index contributed by atoms with van der Waals surface area (Å²) in [7, 11) is 0.664. The van der Waals surface area contributed by atoms with E-state index in [1.54, 1.807) is 0 Å². The number of amides is 1. The molecule has 34 heavy (non-hydrogen) atoms. The number of hydrogen-bond donors (Lipinski definition) is 2. The van der Waals surface area contributed by atoms with Gasteiger partial charge in [0.1, 0.15) is 0 Å². The Kier molecular flexibility index (Phi) is 6.01. The fourth-order valence-electron chi connectivity index (χ4n) is 4.20. The third kappa shape index (κ3) is 4.20. The molecule has 1 aromatic heterocycles. The van der Waals surface area contributed by atoms with Crippen LogP contribution in [0.5, 0.6) is 5.88 Å². The van der Waals surface area contributed by atoms with Crippen LogP contribution in [-0.4, -0.2) is 41.8 Å². The van der Waals surface area contributed by atoms with Crippen molar-refractivity contribution in [2.75, 3.05) is 17.7 Å². The van der Waals surface area contributed by atoms with Crippen LogP contribution in [0.3, 0.4) is 0 Å². The van der Waals surface area contributed by atoms with E-state index in [0.717, 1.165) is 16.6 Å². The van der Waals surface area contributed by atoms with Crippen LogP contribution < -0.4 is 20.8 Å². The Labute approximate surface area is 195 Å². The molecule has 1 amide bonds. The van der Waals surface area contributed by atoms with Crippen molar-refractivity contribution in [2.24, 2.45) is 0 Å². The molecule has 2 aromatic rings. The van der Waals surface area contributed by atoms with E-state index in [9.17, 15) is 18.0 Å². The number of fused-ring (bicyclic) bond motifs is 1. The van der Waals surface area contributed by atoms with E-state index in [2.05, 4.69) is 20.6 Å². The van der Waals surface area contributed by atoms with Gasteiger partial charge in [0, 0.05) is 0 Å². The number of anilines is 2. The van der Waals surface area contributed by atoms with Gasteiger partial charge in [0.15, 0.2) is 17.3 Å². The summed E-state index contributed by atoms with van der Waals surface area (Å²) >= 11 is 0. The number of aromatic nitrogens is 2. The summed E-state index contributed by atoms with van der Waals surface area (Å²) in [5, 5.41) is 4.99. The van der Waals surface area contributed by atoms with Crippen molar-refractivity contribution in [3.63, 3.8) is 0 Å². The number of rotatable bonds is 6. The number of halogens is 3. The lowest BCUT2D eigenvalue weighted by Crippen LogP contribution is -2.41. The molecule has 182 valence electrons. The van der Waals surface area contributed by atoms with Crippen molar-refractivity contribution in [3.05, 3.63) is 35.0 Å². The monoisotopic (exact) mass is 478 g/mol. The zero-order valence-corrected chi connectivity index (χ0v) is 19.5. The lowest BCUT2D eigenvalue weighted by Gasteiger charge is -2.32. The molecule has 1 atom stereocenters. The molecular weight excluding hydrogens is 452 g/mol. The number of nitrogens with zero attached hydrogens (tertiary/aromatic N) is 2. The summed E-state index contributed by atoms with van der Waals surface area (Å²) in [4.78, 5) is 18.3. The summed E-state index contributed by atoms with van der Waals surface area (Å²) < 4.78 is 58.7. The molecule has 0 radical (unpaired) electrons. The second kappa shape index (κ2) is 8.42. The molecule has 2 N–H and O–H groups in total. The molecule has 0 bridgehead atoms. The van der Waals surface area contributed by atoms with Gasteiger partial charge in [0.2, 0.25) is 6.41 Å². The van der Waals surface area contributed by atoms with E-state index >= 15 is 0 Å². The Morgan fingerprint density at radius 1 is 1.15 bits per heavy atom. The van der Waals surface area contributed by atoms with Crippen LogP contribution in [0.1, 0.15) is 57.0 Å². The molecule has 8 nitrogen and oxygen atoms in total. The van der Waals surface area contributed by atoms with E-state index in [0.29, 0.717) is 12.8 Å². The van der Waals surface area contributed by atoms with Crippen LogP contribution in [0.4, 0.5) is 24.8 Å². The molecule has 12 heteroatoms. The fraction of sp³-hybridized carbons (Fsp3) is 0.500. The van der Waals surface area contributed by atoms with Gasteiger partial charge in [0.25, 0.3) is 5.88 Å². The standard InChI is InChI=1S/C22H26BF3N4O4/c1-20(2)21(3,4)34-23(33-20)14-8-6-7-13-12(14)9-10-15(13)28-17-16(22(24,25)26)29-18(27-11-31)19(30-17)32-5/h6-8,11,15H,9-10H2,1-5H3,(H,28,30)(H,27,29,31). The highest BCUT2D eigenvalue weighted by atomic mass is 19.4. The summed E-state index contributed by atoms with van der Waals surface area (Å²) in [6, 6.07) is 5.19. The first-order valence-electron chi connectivity index (χ1n) is 10.8. The summed E-state index contributed by atoms with van der Waals surface area (Å²) in [6.45, 7) is 7.87. The minimum Gasteiger partial charge on any atom is -0.478 e. The second-order valence-electron chi connectivity index (χ2n) is 9.28. The molecule has 1 aromatic carbocycles. The SMILES string of the molecule is COc1nc(NC2CCc3c(B4OC(C)(C)C(C)(C)O4)cccc32)c(C(F)(F)F)nc1NC=O. The third-order valence-corrected chi connectivity index (χ3v) is 6.65. The Hall–Kier alpha value is -2.86. The van der Waals surface area contributed by atoms with Crippen LogP contribution in [0.25, 0.3) is 0 Å². The molecule has 2 aliphatic rings. The zero-order chi connectivity index (χ0) is 24.9. The molecule has 1 saturated heterocycles. The van der Waals surface area contributed by atoms with Gasteiger partial charge >= 0.3 is 13.3 Å². The van der Waals surface area contributed by atoms with Gasteiger partial charge in [-0.05, 0) is 57.1 Å². The highest BCUT2D eigenvalue weighted by Crippen LogP contribution is 2.41. The summed E-state index contributed by atoms with van der Waals surface area (Å²) in [5.41, 5.74) is 0.421. The minimum absolute atomic E-state index is 0.213. The van der Waals surface area contributed by atoms with Crippen LogP contribution in [0.2, 0.25) is 0 Å². The van der Waals surface area contributed by atoms with Gasteiger partial charge in [-0.1, -0.05) is 18.2 Å². The van der Waals surface area contributed by atoms with Crippen molar-refractivity contribution >= 4 is 30.6 Å². The molecule has 1 fully saturated rings. The first-order valence-corrected chi connectivity index (χ1v) is 10.8. The predicted molar refractivity (Wildman–Crippen MR) is 120 cm³/mol. The van der Waals surface area contributed by atoms with Crippen molar-refractivity contribution in [3.8, 4) is 5.88 Å². The summed E-state index contributed by atoms with van der Waals surface area (Å²) in [5.74, 6) is -1.11. The molecule has 2 heterocycles. The van der Waals surface area contributed by atoms with E-state index in [4.69, 9.17) is 14.0 Å². The summed E-state index contributed by atoms with van der Waals surface area (Å²) in [6.07, 6.45) is -3.41. The van der Waals surface area contributed by atoms with Crippen molar-refractivity contribution in [1.82, 2.24) is 9.97 Å². The van der Waals surface area contributed by atoms with Crippen molar-refractivity contribution in [1.29, 1.82) is 0 Å². The van der Waals surface area contributed by atoms with E-state index in [1.165, 1.54) is 7.11 Å². The largest absolute Gasteiger partial charge is 0.495 e. The maximum absolute atomic E-state index is 13.8. The van der Waals surface area contributed by atoms with Crippen LogP contribution in [0.15, 0.2) is 18.2 Å². The minimum atomic E-state index is -4.80. The Balaban J connectivity index is 1.68. The first-order chi connectivity index (χ1) is 15.9. The fourth-order valence-corrected chi connectivity index (χ4v) is 4.20. The maximum Gasteiger partial charge on any atom is 0.495 e. The van der Waals surface area contributed by atoms with E-state index in [-0.39, 0.29) is 12.3 Å². The number of ether oxygens (including phenoxy) is 1. The third-order valence-electron chi connectivity index (χ3n) is 6.65. The van der Waals surface area contributed by atoms with Gasteiger partial charge in [-0.15, -0.1) is 0 Å². The van der Waals surface area contributed by atoms with Crippen molar-refractivity contribution in [2.45, 2.75) is 64.0 Å². The second-order valence-corrected chi connectivity index (χ2v) is 9.28. The van der Waals surface area contributed by atoms with E-state index < -0.39 is 47.9 Å². The normalized spacial score (nSPS) is 20.7. The predicted octanol–water partition coefficient (Wildman–Crippen LogP) is 3.47. The number of benzene rings is 1. The number of methoxy groups -OCH3 is 1. The van der Waals surface area contributed by atoms with Gasteiger partial charge in [0.05, 0.1) is 24.4 Å². The lowest BCUT2D eigenvalue weighted by atomic mass is 9.75. The van der Waals surface area contributed by atoms with Crippen LogP contribution in [-0.2, 0) is 26.7 Å². The highest BCUT2D eigenvalue weighted by Gasteiger charge is 2.52. The van der Waals surface area contributed by atoms with Gasteiger partial charge in [-0.25, -0.2) is 4.98 Å². The maximum atomic E-state index is 13.8. The zero-order valence-electron chi connectivity index (χ0n) is 19.5. The average molecular weight is 478 g/mol. The van der Waals surface area contributed by atoms with Gasteiger partial charge in [-0.3, -0.25) is 4.79 Å². The van der Waals surface area contributed by atoms with Crippen LogP contribution in [0, 0.1) is 0 Å². The molecular formula is C22H26BF3N4O4. The number of alkyl halides is 3. The van der Waals surface area contributed by atoms with Crippen molar-refractivity contribution < 1.29 is 32.0 Å².